The molecule has 5 rings (SSSR count). The minimum atomic E-state index is -0.143. The molecule has 1 unspecified atom stereocenters. The molecule has 2 aromatic carbocycles. The molecule has 0 radical (unpaired) electrons. The molecule has 0 aromatic heterocycles. The number of urea groups is 1. The molecule has 0 saturated heterocycles. The number of rotatable bonds is 3. The maximum atomic E-state index is 13.5. The van der Waals surface area contributed by atoms with Gasteiger partial charge in [0, 0.05) is 37.8 Å². The predicted molar refractivity (Wildman–Crippen MR) is 130 cm³/mol. The molecule has 170 valence electrons. The van der Waals surface area contributed by atoms with E-state index in [-0.39, 0.29) is 16.3 Å². The highest BCUT2D eigenvalue weighted by atomic mass is 16.3. The van der Waals surface area contributed by atoms with Crippen molar-refractivity contribution < 1.29 is 9.90 Å². The highest BCUT2D eigenvalue weighted by molar-refractivity contribution is 6.13. The Hall–Kier alpha value is -2.81. The summed E-state index contributed by atoms with van der Waals surface area (Å²) in [6.45, 7) is 8.94. The highest BCUT2D eigenvalue weighted by Crippen LogP contribution is 2.57. The minimum Gasteiger partial charge on any atom is -0.501 e. The van der Waals surface area contributed by atoms with Gasteiger partial charge in [-0.25, -0.2) is 4.79 Å². The van der Waals surface area contributed by atoms with E-state index in [1.807, 2.05) is 31.3 Å². The summed E-state index contributed by atoms with van der Waals surface area (Å²) in [5, 5.41) is 14.9. The number of phenols is 1. The first-order valence-corrected chi connectivity index (χ1v) is 11.4. The van der Waals surface area contributed by atoms with E-state index < -0.39 is 0 Å². The second-order valence-electron chi connectivity index (χ2n) is 9.33. The van der Waals surface area contributed by atoms with E-state index in [1.54, 1.807) is 0 Å². The topological polar surface area (TPSA) is 62.3 Å². The van der Waals surface area contributed by atoms with Crippen LogP contribution in [0.3, 0.4) is 0 Å². The van der Waals surface area contributed by atoms with Gasteiger partial charge in [0.15, 0.2) is 11.4 Å². The summed E-state index contributed by atoms with van der Waals surface area (Å²) in [5.41, 5.74) is 6.60. The van der Waals surface area contributed by atoms with Crippen molar-refractivity contribution in [1.82, 2.24) is 14.3 Å². The van der Waals surface area contributed by atoms with Crippen LogP contribution in [0.4, 0.5) is 33.2 Å². The Morgan fingerprint density at radius 1 is 0.969 bits per heavy atom. The standard InChI is InChI=1S/C24H32N6O2/c1-6-28-14-27(4)13-17-20(28)16-12-26(3)15-29(7-2)21(16)23(31)22(17)30(5)19-11-9-8-10-18(19)25-24(30)32/h8-11H,6-7,12-15H2,1-5H3,(H-,25,31,32)/p+1. The molecule has 3 heterocycles. The van der Waals surface area contributed by atoms with Gasteiger partial charge in [-0.1, -0.05) is 12.1 Å². The third kappa shape index (κ3) is 2.76. The number of hydrogen-bond donors (Lipinski definition) is 2. The van der Waals surface area contributed by atoms with Crippen LogP contribution in [-0.4, -0.2) is 68.5 Å². The molecule has 8 heteroatoms. The van der Waals surface area contributed by atoms with Crippen molar-refractivity contribution in [3.63, 3.8) is 0 Å². The normalized spacial score (nSPS) is 23.1. The number of fused-ring (bicyclic) bond motifs is 4. The first kappa shape index (κ1) is 21.1. The van der Waals surface area contributed by atoms with Crippen LogP contribution in [0.1, 0.15) is 25.0 Å². The molecule has 2 aromatic rings. The molecule has 2 amide bonds. The summed E-state index contributed by atoms with van der Waals surface area (Å²) >= 11 is 0. The van der Waals surface area contributed by atoms with Crippen LogP contribution in [0.5, 0.6) is 5.75 Å². The number of carbonyl (C=O) groups is 1. The Kier molecular flexibility index (Phi) is 4.85. The average molecular weight is 438 g/mol. The van der Waals surface area contributed by atoms with Crippen molar-refractivity contribution in [3.8, 4) is 5.75 Å². The first-order valence-electron chi connectivity index (χ1n) is 11.4. The number of hydrogen-bond acceptors (Lipinski definition) is 6. The third-order valence-corrected chi connectivity index (χ3v) is 7.15. The number of nitrogens with zero attached hydrogens (tertiary/aromatic N) is 5. The van der Waals surface area contributed by atoms with Crippen LogP contribution in [0.15, 0.2) is 24.3 Å². The number of quaternary nitrogens is 1. The lowest BCUT2D eigenvalue weighted by atomic mass is 9.94. The predicted octanol–water partition coefficient (Wildman–Crippen LogP) is 3.66. The van der Waals surface area contributed by atoms with Crippen LogP contribution in [0.2, 0.25) is 0 Å². The van der Waals surface area contributed by atoms with E-state index in [4.69, 9.17) is 0 Å². The number of para-hydroxylation sites is 2. The summed E-state index contributed by atoms with van der Waals surface area (Å²) in [5.74, 6) is 0.231. The zero-order valence-corrected chi connectivity index (χ0v) is 19.6. The van der Waals surface area contributed by atoms with Crippen LogP contribution in [0.25, 0.3) is 0 Å². The molecular formula is C24H33N6O2+. The Morgan fingerprint density at radius 2 is 1.56 bits per heavy atom. The van der Waals surface area contributed by atoms with E-state index >= 15 is 0 Å². The van der Waals surface area contributed by atoms with Crippen LogP contribution in [0, 0.1) is 0 Å². The van der Waals surface area contributed by atoms with Crippen LogP contribution < -0.4 is 19.6 Å². The number of anilines is 3. The fourth-order valence-electron chi connectivity index (χ4n) is 5.72. The lowest BCUT2D eigenvalue weighted by Gasteiger charge is -2.45. The van der Waals surface area contributed by atoms with Crippen molar-refractivity contribution in [2.45, 2.75) is 26.9 Å². The van der Waals surface area contributed by atoms with Gasteiger partial charge in [0.2, 0.25) is 5.75 Å². The van der Waals surface area contributed by atoms with Crippen LogP contribution in [-0.2, 0) is 13.1 Å². The second kappa shape index (κ2) is 7.37. The van der Waals surface area contributed by atoms with Gasteiger partial charge in [0.1, 0.15) is 5.69 Å². The number of carbonyl (C=O) groups excluding carboxylic acids is 1. The zero-order valence-electron chi connectivity index (χ0n) is 19.6. The number of nitrogens with one attached hydrogen (secondary N) is 1. The number of phenolic OH excluding ortho intramolecular Hbond substituents is 1. The fraction of sp³-hybridized carbons (Fsp3) is 0.458. The maximum absolute atomic E-state index is 13.5. The quantitative estimate of drug-likeness (QED) is 0.715. The molecule has 0 bridgehead atoms. The molecule has 3 aliphatic heterocycles. The average Bonchev–Trinajstić information content (AvgIpc) is 3.02. The Morgan fingerprint density at radius 3 is 2.22 bits per heavy atom. The van der Waals surface area contributed by atoms with E-state index in [0.29, 0.717) is 12.2 Å². The largest absolute Gasteiger partial charge is 0.501 e. The summed E-state index contributed by atoms with van der Waals surface area (Å²) in [6, 6.07) is 7.65. The summed E-state index contributed by atoms with van der Waals surface area (Å²) in [4.78, 5) is 22.6. The maximum Gasteiger partial charge on any atom is 0.431 e. The van der Waals surface area contributed by atoms with Crippen molar-refractivity contribution in [2.75, 3.05) is 62.7 Å². The van der Waals surface area contributed by atoms with Gasteiger partial charge < -0.3 is 14.9 Å². The molecule has 3 aliphatic rings. The third-order valence-electron chi connectivity index (χ3n) is 7.15. The molecule has 0 fully saturated rings. The van der Waals surface area contributed by atoms with Crippen molar-refractivity contribution in [3.05, 3.63) is 35.4 Å². The Balaban J connectivity index is 1.88. The van der Waals surface area contributed by atoms with Gasteiger partial charge in [-0.3, -0.25) is 15.1 Å². The second-order valence-corrected chi connectivity index (χ2v) is 9.33. The molecule has 0 spiro atoms. The van der Waals surface area contributed by atoms with Crippen molar-refractivity contribution in [1.29, 1.82) is 0 Å². The highest BCUT2D eigenvalue weighted by Gasteiger charge is 2.51. The Labute approximate surface area is 189 Å². The smallest absolute Gasteiger partial charge is 0.431 e. The van der Waals surface area contributed by atoms with Gasteiger partial charge >= 0.3 is 6.03 Å². The lowest BCUT2D eigenvalue weighted by molar-refractivity contribution is 0.237. The fourth-order valence-corrected chi connectivity index (χ4v) is 5.72. The summed E-state index contributed by atoms with van der Waals surface area (Å²) in [7, 11) is 6.11. The SMILES string of the molecule is CCN1CN(C)Cc2c1c(O)c([N+]1(C)C(=O)Nc3ccccc31)c1c2N(CC)CN(C)C1. The van der Waals surface area contributed by atoms with Gasteiger partial charge in [0.25, 0.3) is 0 Å². The monoisotopic (exact) mass is 437 g/mol. The zero-order chi connectivity index (χ0) is 22.8. The van der Waals surface area contributed by atoms with E-state index in [0.717, 1.165) is 61.2 Å². The van der Waals surface area contributed by atoms with E-state index in [9.17, 15) is 9.90 Å². The molecule has 0 aliphatic carbocycles. The number of amides is 2. The number of aromatic hydroxyl groups is 1. The van der Waals surface area contributed by atoms with Gasteiger partial charge in [-0.05, 0) is 34.0 Å². The first-order chi connectivity index (χ1) is 15.3. The lowest BCUT2D eigenvalue weighted by Crippen LogP contribution is -2.49. The summed E-state index contributed by atoms with van der Waals surface area (Å²) < 4.78 is -0.0869. The van der Waals surface area contributed by atoms with Crippen molar-refractivity contribution >= 4 is 34.5 Å². The van der Waals surface area contributed by atoms with Crippen molar-refractivity contribution in [2.24, 2.45) is 0 Å². The molecular weight excluding hydrogens is 404 g/mol. The minimum absolute atomic E-state index is 0.0869. The van der Waals surface area contributed by atoms with Crippen LogP contribution >= 0.6 is 0 Å². The molecule has 2 N–H and O–H groups in total. The molecule has 32 heavy (non-hydrogen) atoms. The van der Waals surface area contributed by atoms with E-state index in [2.05, 4.69) is 52.9 Å². The van der Waals surface area contributed by atoms with Gasteiger partial charge in [-0.2, -0.15) is 4.48 Å². The molecule has 8 nitrogen and oxygen atoms in total. The molecule has 0 saturated carbocycles. The summed E-state index contributed by atoms with van der Waals surface area (Å²) in [6.07, 6.45) is 0. The number of benzene rings is 2. The van der Waals surface area contributed by atoms with Gasteiger partial charge in [0.05, 0.1) is 37.3 Å². The molecule has 1 atom stereocenters. The van der Waals surface area contributed by atoms with E-state index in [1.165, 1.54) is 5.69 Å². The van der Waals surface area contributed by atoms with Gasteiger partial charge in [-0.15, -0.1) is 0 Å². The Bertz CT molecular complexity index is 1100.